The van der Waals surface area contributed by atoms with Gasteiger partial charge in [-0.25, -0.2) is 9.59 Å². The molecule has 0 atom stereocenters. The fraction of sp³-hybridized carbons (Fsp3) is 0.143. The van der Waals surface area contributed by atoms with Crippen molar-refractivity contribution in [2.45, 2.75) is 13.5 Å². The number of aromatic nitrogens is 2. The molecule has 8 nitrogen and oxygen atoms in total. The number of hydrogen-bond acceptors (Lipinski definition) is 5. The number of H-pyrrole nitrogens is 1. The lowest BCUT2D eigenvalue weighted by Gasteiger charge is -2.06. The lowest BCUT2D eigenvalue weighted by Crippen LogP contribution is -2.31. The molecule has 0 saturated heterocycles. The largest absolute Gasteiger partial charge is 0.494 e. The summed E-state index contributed by atoms with van der Waals surface area (Å²) in [6, 6.07) is 4.03. The quantitative estimate of drug-likeness (QED) is 0.726. The molecule has 0 aliphatic carbocycles. The molecule has 0 radical (unpaired) electrons. The number of nitrogens with zero attached hydrogens (tertiary/aromatic N) is 2. The molecule has 1 heterocycles. The van der Waals surface area contributed by atoms with E-state index in [1.165, 1.54) is 18.2 Å². The second kappa shape index (κ2) is 6.49. The molecule has 9 heteroatoms. The summed E-state index contributed by atoms with van der Waals surface area (Å²) in [6.45, 7) is 1.78. The molecule has 3 N–H and O–H groups in total. The van der Waals surface area contributed by atoms with Crippen LogP contribution in [-0.4, -0.2) is 31.9 Å². The lowest BCUT2D eigenvalue weighted by atomic mass is 10.2. The Morgan fingerprint density at radius 2 is 2.13 bits per heavy atom. The number of carboxylic acids is 1. The third-order valence-electron chi connectivity index (χ3n) is 3.05. The standard InChI is InChI=1S/C14H12ClN3O5/c1-2-18-12(20)9(11(19)17-14(18)23)6-16-7-3-4-10(15)8(5-7)13(21)22/h3-6,20H,2H2,1H3,(H,21,22)(H,17,19,23). The van der Waals surface area contributed by atoms with Gasteiger partial charge in [-0.1, -0.05) is 11.6 Å². The Morgan fingerprint density at radius 1 is 1.43 bits per heavy atom. The van der Waals surface area contributed by atoms with Gasteiger partial charge in [0, 0.05) is 12.8 Å². The highest BCUT2D eigenvalue weighted by Crippen LogP contribution is 2.22. The number of hydrogen-bond donors (Lipinski definition) is 3. The Hall–Kier alpha value is -2.87. The average molecular weight is 338 g/mol. The van der Waals surface area contributed by atoms with Crippen molar-refractivity contribution in [1.82, 2.24) is 9.55 Å². The van der Waals surface area contributed by atoms with E-state index < -0.39 is 23.1 Å². The molecule has 0 fully saturated rings. The molecule has 0 amide bonds. The molecule has 0 unspecified atom stereocenters. The molecule has 0 spiro atoms. The minimum absolute atomic E-state index is 0.0525. The van der Waals surface area contributed by atoms with E-state index in [0.29, 0.717) is 0 Å². The van der Waals surface area contributed by atoms with E-state index in [0.717, 1.165) is 10.8 Å². The molecule has 2 rings (SSSR count). The Labute approximate surface area is 134 Å². The van der Waals surface area contributed by atoms with Crippen LogP contribution in [0, 0.1) is 0 Å². The van der Waals surface area contributed by atoms with E-state index in [1.807, 2.05) is 0 Å². The number of aromatic amines is 1. The van der Waals surface area contributed by atoms with Crippen LogP contribution in [0.25, 0.3) is 0 Å². The summed E-state index contributed by atoms with van der Waals surface area (Å²) in [4.78, 5) is 40.3. The van der Waals surface area contributed by atoms with Crippen molar-refractivity contribution in [2.24, 2.45) is 4.99 Å². The lowest BCUT2D eigenvalue weighted by molar-refractivity contribution is 0.0697. The summed E-state index contributed by atoms with van der Waals surface area (Å²) in [5, 5.41) is 19.0. The summed E-state index contributed by atoms with van der Waals surface area (Å²) in [5.74, 6) is -1.73. The number of halogens is 1. The molecule has 120 valence electrons. The molecule has 23 heavy (non-hydrogen) atoms. The second-order valence-electron chi connectivity index (χ2n) is 4.47. The van der Waals surface area contributed by atoms with E-state index in [4.69, 9.17) is 16.7 Å². The van der Waals surface area contributed by atoms with Crippen molar-refractivity contribution in [3.05, 3.63) is 55.2 Å². The monoisotopic (exact) mass is 337 g/mol. The van der Waals surface area contributed by atoms with Crippen LogP contribution in [0.15, 0.2) is 32.8 Å². The fourth-order valence-corrected chi connectivity index (χ4v) is 2.08. The molecular weight excluding hydrogens is 326 g/mol. The Bertz CT molecular complexity index is 914. The summed E-state index contributed by atoms with van der Waals surface area (Å²) < 4.78 is 0.966. The summed E-state index contributed by atoms with van der Waals surface area (Å²) in [7, 11) is 0. The molecule has 0 aliphatic heterocycles. The van der Waals surface area contributed by atoms with Crippen LogP contribution in [0.3, 0.4) is 0 Å². The minimum atomic E-state index is -1.22. The average Bonchev–Trinajstić information content (AvgIpc) is 2.48. The number of aromatic carboxylic acids is 1. The first-order valence-corrected chi connectivity index (χ1v) is 6.86. The molecule has 0 saturated carbocycles. The smallest absolute Gasteiger partial charge is 0.337 e. The van der Waals surface area contributed by atoms with E-state index >= 15 is 0 Å². The van der Waals surface area contributed by atoms with Crippen LogP contribution in [0.5, 0.6) is 5.88 Å². The maximum atomic E-state index is 11.7. The zero-order valence-electron chi connectivity index (χ0n) is 11.9. The van der Waals surface area contributed by atoms with E-state index in [1.54, 1.807) is 6.92 Å². The molecule has 0 bridgehead atoms. The van der Waals surface area contributed by atoms with Crippen molar-refractivity contribution in [3.63, 3.8) is 0 Å². The van der Waals surface area contributed by atoms with Crippen LogP contribution in [0.4, 0.5) is 5.69 Å². The molecule has 1 aromatic carbocycles. The van der Waals surface area contributed by atoms with Gasteiger partial charge in [0.2, 0.25) is 5.88 Å². The number of aromatic hydroxyl groups is 1. The predicted molar refractivity (Wildman–Crippen MR) is 84.3 cm³/mol. The van der Waals surface area contributed by atoms with E-state index in [9.17, 15) is 19.5 Å². The minimum Gasteiger partial charge on any atom is -0.494 e. The zero-order chi connectivity index (χ0) is 17.1. The molecule has 0 aliphatic rings. The first kappa shape index (κ1) is 16.5. The van der Waals surface area contributed by atoms with Gasteiger partial charge in [-0.2, -0.15) is 0 Å². The third-order valence-corrected chi connectivity index (χ3v) is 3.38. The van der Waals surface area contributed by atoms with Crippen LogP contribution in [0.2, 0.25) is 5.02 Å². The summed E-state index contributed by atoms with van der Waals surface area (Å²) in [5.41, 5.74) is -1.66. The zero-order valence-corrected chi connectivity index (χ0v) is 12.7. The number of nitrogens with one attached hydrogen (secondary N) is 1. The normalized spacial score (nSPS) is 11.0. The van der Waals surface area contributed by atoms with Crippen molar-refractivity contribution in [1.29, 1.82) is 0 Å². The first-order chi connectivity index (χ1) is 10.8. The third kappa shape index (κ3) is 3.32. The topological polar surface area (TPSA) is 125 Å². The first-order valence-electron chi connectivity index (χ1n) is 6.48. The van der Waals surface area contributed by atoms with Gasteiger partial charge < -0.3 is 10.2 Å². The number of aliphatic imine (C=N–C) groups is 1. The van der Waals surface area contributed by atoms with Gasteiger partial charge in [-0.3, -0.25) is 19.3 Å². The van der Waals surface area contributed by atoms with E-state index in [2.05, 4.69) is 9.98 Å². The molecule has 2 aromatic rings. The van der Waals surface area contributed by atoms with E-state index in [-0.39, 0.29) is 28.4 Å². The van der Waals surface area contributed by atoms with Gasteiger partial charge in [0.1, 0.15) is 5.56 Å². The van der Waals surface area contributed by atoms with Crippen LogP contribution in [0.1, 0.15) is 22.8 Å². The predicted octanol–water partition coefficient (Wildman–Crippen LogP) is 1.36. The van der Waals surface area contributed by atoms with Gasteiger partial charge in [-0.05, 0) is 25.1 Å². The highest BCUT2D eigenvalue weighted by molar-refractivity contribution is 6.33. The number of carboxylic acid groups (broad SMARTS) is 1. The van der Waals surface area contributed by atoms with Crippen LogP contribution >= 0.6 is 11.6 Å². The van der Waals surface area contributed by atoms with Gasteiger partial charge in [0.25, 0.3) is 5.56 Å². The maximum Gasteiger partial charge on any atom is 0.337 e. The Morgan fingerprint density at radius 3 is 2.74 bits per heavy atom. The summed E-state index contributed by atoms with van der Waals surface area (Å²) in [6.07, 6.45) is 1.05. The molecule has 1 aromatic heterocycles. The van der Waals surface area contributed by atoms with Crippen molar-refractivity contribution < 1.29 is 15.0 Å². The van der Waals surface area contributed by atoms with Crippen LogP contribution in [-0.2, 0) is 6.54 Å². The van der Waals surface area contributed by atoms with Crippen LogP contribution < -0.4 is 11.2 Å². The number of rotatable bonds is 4. The highest BCUT2D eigenvalue weighted by atomic mass is 35.5. The number of carbonyl (C=O) groups is 1. The van der Waals surface area contributed by atoms with Gasteiger partial charge >= 0.3 is 11.7 Å². The van der Waals surface area contributed by atoms with Gasteiger partial charge in [-0.15, -0.1) is 0 Å². The number of benzene rings is 1. The van der Waals surface area contributed by atoms with Crippen molar-refractivity contribution in [3.8, 4) is 5.88 Å². The molecular formula is C14H12ClN3O5. The van der Waals surface area contributed by atoms with Gasteiger partial charge in [0.15, 0.2) is 0 Å². The van der Waals surface area contributed by atoms with Crippen molar-refractivity contribution >= 4 is 29.5 Å². The highest BCUT2D eigenvalue weighted by Gasteiger charge is 2.12. The second-order valence-corrected chi connectivity index (χ2v) is 4.88. The SMILES string of the molecule is CCn1c(O)c(C=Nc2ccc(Cl)c(C(=O)O)c2)c(=O)[nH]c1=O. The Balaban J connectivity index is 2.50. The van der Waals surface area contributed by atoms with Crippen molar-refractivity contribution in [2.75, 3.05) is 0 Å². The summed E-state index contributed by atoms with van der Waals surface area (Å²) >= 11 is 5.75. The Kier molecular flexibility index (Phi) is 4.65. The van der Waals surface area contributed by atoms with Gasteiger partial charge in [0.05, 0.1) is 16.3 Å². The maximum absolute atomic E-state index is 11.7. The fourth-order valence-electron chi connectivity index (χ4n) is 1.88.